The van der Waals surface area contributed by atoms with Gasteiger partial charge in [-0.1, -0.05) is 0 Å². The van der Waals surface area contributed by atoms with Gasteiger partial charge in [0.2, 0.25) is 0 Å². The van der Waals surface area contributed by atoms with Gasteiger partial charge in [-0.05, 0) is 0 Å². The lowest BCUT2D eigenvalue weighted by atomic mass is 10.4. The van der Waals surface area contributed by atoms with E-state index in [4.69, 9.17) is 5.11 Å². The molecule has 8 heavy (non-hydrogen) atoms. The van der Waals surface area contributed by atoms with Crippen LogP contribution in [-0.4, -0.2) is 30.6 Å². The van der Waals surface area contributed by atoms with E-state index in [0.29, 0.717) is 0 Å². The Morgan fingerprint density at radius 1 is 1.75 bits per heavy atom. The molecule has 0 aromatic heterocycles. The molecule has 0 aromatic carbocycles. The van der Waals surface area contributed by atoms with Crippen molar-refractivity contribution in [1.29, 1.82) is 0 Å². The largest absolute Gasteiger partial charge is 0.479 e. The van der Waals surface area contributed by atoms with Crippen LogP contribution in [0.4, 0.5) is 0 Å². The number of ether oxygens (including phenoxy) is 2. The number of carbonyl (C=O) groups is 1. The fraction of sp³-hybridized carbons (Fsp3) is 0.750. The first-order valence-corrected chi connectivity index (χ1v) is 2.23. The van der Waals surface area contributed by atoms with E-state index in [2.05, 4.69) is 9.47 Å². The molecule has 0 bridgehead atoms. The summed E-state index contributed by atoms with van der Waals surface area (Å²) in [5, 5.41) is 8.21. The van der Waals surface area contributed by atoms with Gasteiger partial charge in [0.15, 0.2) is 6.10 Å². The van der Waals surface area contributed by atoms with E-state index in [9.17, 15) is 4.79 Å². The monoisotopic (exact) mass is 118 g/mol. The Morgan fingerprint density at radius 2 is 2.50 bits per heavy atom. The molecule has 0 saturated carbocycles. The lowest BCUT2D eigenvalue weighted by Gasteiger charge is -1.95. The smallest absolute Gasteiger partial charge is 0.335 e. The van der Waals surface area contributed by atoms with Crippen LogP contribution in [0, 0.1) is 0 Å². The standard InChI is InChI=1S/C4H6O4/c5-4(6)3-1-7-2-8-3/h3H,1-2H2,(H,5,6). The second kappa shape index (κ2) is 2.11. The molecule has 0 spiro atoms. The third-order valence-corrected chi connectivity index (χ3v) is 0.897. The minimum atomic E-state index is -0.956. The molecule has 1 rings (SSSR count). The highest BCUT2D eigenvalue weighted by Crippen LogP contribution is 2.01. The molecule has 1 aliphatic rings. The summed E-state index contributed by atoms with van der Waals surface area (Å²) < 4.78 is 9.21. The summed E-state index contributed by atoms with van der Waals surface area (Å²) in [6.07, 6.45) is -0.741. The van der Waals surface area contributed by atoms with Gasteiger partial charge in [-0.3, -0.25) is 0 Å². The summed E-state index contributed by atoms with van der Waals surface area (Å²) in [5.41, 5.74) is 0. The van der Waals surface area contributed by atoms with Crippen LogP contribution in [0.5, 0.6) is 0 Å². The molecule has 1 N–H and O–H groups in total. The fourth-order valence-corrected chi connectivity index (χ4v) is 0.476. The number of hydrogen-bond donors (Lipinski definition) is 1. The predicted molar refractivity (Wildman–Crippen MR) is 23.3 cm³/mol. The second-order valence-corrected chi connectivity index (χ2v) is 1.48. The molecule has 0 aromatic rings. The average molecular weight is 118 g/mol. The van der Waals surface area contributed by atoms with Gasteiger partial charge in [-0.2, -0.15) is 0 Å². The Bertz CT molecular complexity index is 94.2. The first kappa shape index (κ1) is 5.53. The first-order chi connectivity index (χ1) is 3.80. The van der Waals surface area contributed by atoms with Crippen LogP contribution in [-0.2, 0) is 14.3 Å². The normalized spacial score (nSPS) is 28.2. The number of carboxylic acids is 1. The average Bonchev–Trinajstić information content (AvgIpc) is 2.12. The number of carboxylic acid groups (broad SMARTS) is 1. The van der Waals surface area contributed by atoms with Gasteiger partial charge >= 0.3 is 5.97 Å². The van der Waals surface area contributed by atoms with Crippen molar-refractivity contribution in [3.8, 4) is 0 Å². The molecule has 1 atom stereocenters. The van der Waals surface area contributed by atoms with Crippen molar-refractivity contribution in [1.82, 2.24) is 0 Å². The molecular weight excluding hydrogens is 112 g/mol. The summed E-state index contributed by atoms with van der Waals surface area (Å²) in [5.74, 6) is -0.956. The van der Waals surface area contributed by atoms with E-state index >= 15 is 0 Å². The van der Waals surface area contributed by atoms with Crippen molar-refractivity contribution in [3.05, 3.63) is 0 Å². The van der Waals surface area contributed by atoms with Gasteiger partial charge in [0.1, 0.15) is 6.79 Å². The molecule has 0 aliphatic carbocycles. The molecule has 1 fully saturated rings. The maximum Gasteiger partial charge on any atom is 0.335 e. The lowest BCUT2D eigenvalue weighted by molar-refractivity contribution is -0.146. The summed E-state index contributed by atoms with van der Waals surface area (Å²) >= 11 is 0. The van der Waals surface area contributed by atoms with Crippen LogP contribution in [0.2, 0.25) is 0 Å². The minimum absolute atomic E-state index is 0.108. The van der Waals surface area contributed by atoms with Gasteiger partial charge in [0.05, 0.1) is 6.61 Å². The van der Waals surface area contributed by atoms with E-state index in [0.717, 1.165) is 0 Å². The van der Waals surface area contributed by atoms with Gasteiger partial charge < -0.3 is 14.6 Å². The van der Waals surface area contributed by atoms with E-state index in [1.165, 1.54) is 0 Å². The van der Waals surface area contributed by atoms with E-state index < -0.39 is 12.1 Å². The van der Waals surface area contributed by atoms with Crippen molar-refractivity contribution in [2.45, 2.75) is 6.10 Å². The summed E-state index contributed by atoms with van der Waals surface area (Å²) in [7, 11) is 0. The molecule has 0 amide bonds. The predicted octanol–water partition coefficient (Wildman–Crippen LogP) is -0.556. The molecule has 1 unspecified atom stereocenters. The molecule has 1 heterocycles. The quantitative estimate of drug-likeness (QED) is 0.501. The first-order valence-electron chi connectivity index (χ1n) is 2.23. The lowest BCUT2D eigenvalue weighted by Crippen LogP contribution is -2.21. The van der Waals surface area contributed by atoms with Crippen molar-refractivity contribution in [2.24, 2.45) is 0 Å². The van der Waals surface area contributed by atoms with Crippen LogP contribution in [0.3, 0.4) is 0 Å². The Labute approximate surface area is 46.0 Å². The molecule has 1 aliphatic heterocycles. The molecular formula is C4H6O4. The fourth-order valence-electron chi connectivity index (χ4n) is 0.476. The van der Waals surface area contributed by atoms with Crippen molar-refractivity contribution in [3.63, 3.8) is 0 Å². The summed E-state index contributed by atoms with van der Waals surface area (Å²) in [6.45, 7) is 0.284. The Hall–Kier alpha value is -0.610. The zero-order chi connectivity index (χ0) is 5.98. The van der Waals surface area contributed by atoms with Crippen LogP contribution in [0.25, 0.3) is 0 Å². The van der Waals surface area contributed by atoms with Crippen molar-refractivity contribution >= 4 is 5.97 Å². The molecule has 4 nitrogen and oxygen atoms in total. The highest BCUT2D eigenvalue weighted by atomic mass is 16.7. The second-order valence-electron chi connectivity index (χ2n) is 1.48. The maximum absolute atomic E-state index is 10.00. The molecule has 1 saturated heterocycles. The maximum atomic E-state index is 10.00. The summed E-state index contributed by atoms with van der Waals surface area (Å²) in [6, 6.07) is 0. The molecule has 4 heteroatoms. The number of aliphatic carboxylic acids is 1. The minimum Gasteiger partial charge on any atom is -0.479 e. The van der Waals surface area contributed by atoms with Crippen LogP contribution in [0.15, 0.2) is 0 Å². The zero-order valence-corrected chi connectivity index (χ0v) is 4.16. The highest BCUT2D eigenvalue weighted by molar-refractivity contribution is 5.72. The molecule has 0 radical (unpaired) electrons. The van der Waals surface area contributed by atoms with Crippen molar-refractivity contribution in [2.75, 3.05) is 13.4 Å². The topological polar surface area (TPSA) is 55.8 Å². The van der Waals surface area contributed by atoms with Crippen LogP contribution >= 0.6 is 0 Å². The number of rotatable bonds is 1. The molecule has 46 valence electrons. The Morgan fingerprint density at radius 3 is 2.75 bits per heavy atom. The zero-order valence-electron chi connectivity index (χ0n) is 4.16. The summed E-state index contributed by atoms with van der Waals surface area (Å²) in [4.78, 5) is 10.00. The van der Waals surface area contributed by atoms with Crippen LogP contribution < -0.4 is 0 Å². The Kier molecular flexibility index (Phi) is 1.45. The van der Waals surface area contributed by atoms with Crippen LogP contribution in [0.1, 0.15) is 0 Å². The third kappa shape index (κ3) is 0.962. The van der Waals surface area contributed by atoms with Gasteiger partial charge in [-0.15, -0.1) is 0 Å². The van der Waals surface area contributed by atoms with E-state index in [1.54, 1.807) is 0 Å². The Balaban J connectivity index is 2.35. The third-order valence-electron chi connectivity index (χ3n) is 0.897. The highest BCUT2D eigenvalue weighted by Gasteiger charge is 2.22. The van der Waals surface area contributed by atoms with E-state index in [-0.39, 0.29) is 13.4 Å². The SMILES string of the molecule is O=C(O)C1COCO1. The van der Waals surface area contributed by atoms with Gasteiger partial charge in [0.25, 0.3) is 0 Å². The van der Waals surface area contributed by atoms with Gasteiger partial charge in [-0.25, -0.2) is 4.79 Å². The van der Waals surface area contributed by atoms with Crippen molar-refractivity contribution < 1.29 is 19.4 Å². The number of hydrogen-bond acceptors (Lipinski definition) is 3. The van der Waals surface area contributed by atoms with Gasteiger partial charge in [0, 0.05) is 0 Å². The van der Waals surface area contributed by atoms with E-state index in [1.807, 2.05) is 0 Å².